The number of carbonyl (C=O) groups excluding carboxylic acids is 2. The van der Waals surface area contributed by atoms with Crippen LogP contribution in [0.25, 0.3) is 0 Å². The number of rotatable bonds is 8. The van der Waals surface area contributed by atoms with Gasteiger partial charge in [0.15, 0.2) is 16.6 Å². The Hall–Kier alpha value is 1.05. The highest BCUT2D eigenvalue weighted by atomic mass is 79.9. The summed E-state index contributed by atoms with van der Waals surface area (Å²) in [5.74, 6) is 2.58. The average Bonchev–Trinajstić information content (AvgIpc) is 3.60. The summed E-state index contributed by atoms with van der Waals surface area (Å²) in [7, 11) is -4.93. The number of hydrogen-bond acceptors (Lipinski definition) is 5. The predicted molar refractivity (Wildman–Crippen MR) is 269 cm³/mol. The van der Waals surface area contributed by atoms with Gasteiger partial charge in [0.05, 0.1) is 19.9 Å². The lowest BCUT2D eigenvalue weighted by Crippen LogP contribution is -2.65. The van der Waals surface area contributed by atoms with E-state index in [-0.39, 0.29) is 50.0 Å². The summed E-state index contributed by atoms with van der Waals surface area (Å²) in [5, 5.41) is 25.3. The molecule has 2 N–H and O–H groups in total. The number of halogens is 4. The zero-order chi connectivity index (χ0) is 45.2. The number of ketones is 2. The van der Waals surface area contributed by atoms with Crippen molar-refractivity contribution in [1.82, 2.24) is 0 Å². The molecule has 14 atom stereocenters. The standard InChI is InChI=1S/C50H78Br4O5Si2/c1-41(2,27-47(57)23-21-45(7)35-17-19-43(5)33(13-15-39(43)55)31(35)25-37(51)49(45,53)29-47)60(9,10)59-61(11,12)42(3,4)28-48(58)24-22-46(8)36-18-20-44(6)34(14-16-40(44)56)32(36)26-38(52)50(46,54)30-48/h17-18,31-34,37-38,57-58H,13-16,19-30H2,1-12H3/t31?,32?,33?,34?,37?,38?,43-,44-,45+,46+,47-,48+,49?,50?/m0/s1. The molecule has 0 aromatic rings. The van der Waals surface area contributed by atoms with Gasteiger partial charge < -0.3 is 14.3 Å². The van der Waals surface area contributed by atoms with Crippen molar-refractivity contribution in [2.45, 2.75) is 224 Å². The molecule has 344 valence electrons. The monoisotopic (exact) mass is 1130 g/mol. The van der Waals surface area contributed by atoms with Crippen LogP contribution in [0.4, 0.5) is 0 Å². The Balaban J connectivity index is 0.966. The lowest BCUT2D eigenvalue weighted by atomic mass is 9.47. The first-order valence-electron chi connectivity index (χ1n) is 24.0. The molecule has 0 spiro atoms. The first kappa shape index (κ1) is 48.5. The maximum Gasteiger partial charge on any atom is 0.179 e. The Kier molecular flexibility index (Phi) is 11.8. The summed E-state index contributed by atoms with van der Waals surface area (Å²) in [6, 6.07) is 0. The van der Waals surface area contributed by atoms with Crippen molar-refractivity contribution < 1.29 is 23.9 Å². The van der Waals surface area contributed by atoms with E-state index >= 15 is 0 Å². The van der Waals surface area contributed by atoms with Crippen LogP contribution >= 0.6 is 63.7 Å². The minimum absolute atomic E-state index is 0.0976. The molecular weight excluding hydrogens is 1060 g/mol. The van der Waals surface area contributed by atoms with Gasteiger partial charge in [-0.2, -0.15) is 0 Å². The summed E-state index contributed by atoms with van der Waals surface area (Å²) in [4.78, 5) is 26.6. The fourth-order valence-electron chi connectivity index (χ4n) is 15.9. The van der Waals surface area contributed by atoms with Gasteiger partial charge in [-0.1, -0.05) is 142 Å². The number of hydrogen-bond donors (Lipinski definition) is 2. The third-order valence-corrected chi connectivity index (χ3v) is 39.1. The zero-order valence-corrected chi connectivity index (χ0v) is 47.9. The Morgan fingerprint density at radius 1 is 0.656 bits per heavy atom. The number of fused-ring (bicyclic) bond motifs is 10. The molecule has 0 heterocycles. The van der Waals surface area contributed by atoms with Crippen LogP contribution in [0.3, 0.4) is 0 Å². The highest BCUT2D eigenvalue weighted by Gasteiger charge is 2.69. The third-order valence-electron chi connectivity index (χ3n) is 21.2. The Morgan fingerprint density at radius 2 is 1.00 bits per heavy atom. The molecule has 0 bridgehead atoms. The van der Waals surface area contributed by atoms with Crippen LogP contribution in [-0.2, 0) is 13.7 Å². The van der Waals surface area contributed by atoms with Crippen LogP contribution in [0.1, 0.15) is 158 Å². The van der Waals surface area contributed by atoms with Gasteiger partial charge in [-0.15, -0.1) is 0 Å². The Labute approximate surface area is 405 Å². The van der Waals surface area contributed by atoms with E-state index in [2.05, 4.69) is 157 Å². The van der Waals surface area contributed by atoms with Gasteiger partial charge in [-0.25, -0.2) is 0 Å². The normalized spacial score (nSPS) is 48.9. The van der Waals surface area contributed by atoms with Gasteiger partial charge in [-0.3, -0.25) is 9.59 Å². The van der Waals surface area contributed by atoms with E-state index in [1.807, 2.05) is 0 Å². The minimum atomic E-state index is -2.46. The SMILES string of the molecule is CC(C)(C[C@@]1(O)CC[C@]2(C)C3=CC[C@]4(C)C(=O)CCC4C3CC(Br)C2(Br)C1)[Si](C)(C)O[Si](C)(C)C(C)(C)C[C@]1(O)CC[C@]2(C)C3=CC[C@]4(C)C(=O)CCC4C3CC(Br)C2(Br)C1. The molecule has 8 aliphatic carbocycles. The molecule has 0 aliphatic heterocycles. The van der Waals surface area contributed by atoms with Crippen molar-refractivity contribution in [3.63, 3.8) is 0 Å². The molecule has 61 heavy (non-hydrogen) atoms. The molecule has 6 fully saturated rings. The highest BCUT2D eigenvalue weighted by Crippen LogP contribution is 2.72. The number of Topliss-reactive ketones (excluding diaryl/α,β-unsaturated/α-hetero) is 2. The molecule has 6 saturated carbocycles. The van der Waals surface area contributed by atoms with Crippen molar-refractivity contribution in [1.29, 1.82) is 0 Å². The van der Waals surface area contributed by atoms with Gasteiger partial charge in [0.1, 0.15) is 11.6 Å². The van der Waals surface area contributed by atoms with Gasteiger partial charge in [0, 0.05) is 44.2 Å². The molecule has 5 nitrogen and oxygen atoms in total. The maximum atomic E-state index is 13.1. The second-order valence-corrected chi connectivity index (χ2v) is 40.4. The lowest BCUT2D eigenvalue weighted by Gasteiger charge is -2.64. The fraction of sp³-hybridized carbons (Fsp3) is 0.880. The summed E-state index contributed by atoms with van der Waals surface area (Å²) in [6.45, 7) is 28.3. The zero-order valence-electron chi connectivity index (χ0n) is 39.6. The number of aliphatic hydroxyl groups is 2. The summed E-state index contributed by atoms with van der Waals surface area (Å²) in [5.41, 5.74) is 0.768. The van der Waals surface area contributed by atoms with Crippen LogP contribution in [0.2, 0.25) is 36.3 Å². The van der Waals surface area contributed by atoms with Crippen molar-refractivity contribution in [3.8, 4) is 0 Å². The minimum Gasteiger partial charge on any atom is -0.455 e. The van der Waals surface area contributed by atoms with Crippen LogP contribution in [0, 0.1) is 45.3 Å². The molecule has 0 aromatic heterocycles. The quantitative estimate of drug-likeness (QED) is 0.144. The molecule has 0 amide bonds. The van der Waals surface area contributed by atoms with E-state index in [0.29, 0.717) is 60.9 Å². The molecule has 8 aliphatic rings. The molecule has 11 heteroatoms. The highest BCUT2D eigenvalue weighted by molar-refractivity contribution is 9.13. The van der Waals surface area contributed by atoms with E-state index in [1.165, 1.54) is 0 Å². The molecule has 8 unspecified atom stereocenters. The summed E-state index contributed by atoms with van der Waals surface area (Å²) < 4.78 is 7.09. The molecule has 0 radical (unpaired) electrons. The fourth-order valence-corrected chi connectivity index (χ4v) is 29.2. The van der Waals surface area contributed by atoms with Crippen LogP contribution in [0.5, 0.6) is 0 Å². The van der Waals surface area contributed by atoms with E-state index in [1.54, 1.807) is 11.1 Å². The van der Waals surface area contributed by atoms with Crippen LogP contribution in [0.15, 0.2) is 23.3 Å². The van der Waals surface area contributed by atoms with E-state index in [9.17, 15) is 19.8 Å². The maximum absolute atomic E-state index is 13.1. The van der Waals surface area contributed by atoms with Gasteiger partial charge >= 0.3 is 0 Å². The number of alkyl halides is 4. The van der Waals surface area contributed by atoms with E-state index < -0.39 is 27.8 Å². The van der Waals surface area contributed by atoms with Gasteiger partial charge in [0.25, 0.3) is 0 Å². The Bertz CT molecular complexity index is 1800. The summed E-state index contributed by atoms with van der Waals surface area (Å²) >= 11 is 17.3. The first-order valence-corrected chi connectivity index (χ1v) is 33.2. The lowest BCUT2D eigenvalue weighted by molar-refractivity contribution is -0.128. The smallest absolute Gasteiger partial charge is 0.179 e. The predicted octanol–water partition coefficient (Wildman–Crippen LogP) is 14.1. The first-order chi connectivity index (χ1) is 27.7. The van der Waals surface area contributed by atoms with Crippen LogP contribution in [-0.4, -0.2) is 67.9 Å². The average molecular weight is 1130 g/mol. The third kappa shape index (κ3) is 6.95. The molecule has 0 saturated heterocycles. The summed E-state index contributed by atoms with van der Waals surface area (Å²) in [6.07, 6.45) is 18.2. The van der Waals surface area contributed by atoms with Crippen molar-refractivity contribution in [3.05, 3.63) is 23.3 Å². The molecular formula is C50H78Br4O5Si2. The van der Waals surface area contributed by atoms with Gasteiger partial charge in [0.2, 0.25) is 0 Å². The Morgan fingerprint density at radius 3 is 1.34 bits per heavy atom. The largest absolute Gasteiger partial charge is 0.455 e. The van der Waals surface area contributed by atoms with E-state index in [0.717, 1.165) is 77.0 Å². The molecule has 8 rings (SSSR count). The second-order valence-electron chi connectivity index (χ2n) is 25.8. The molecule has 0 aromatic carbocycles. The van der Waals surface area contributed by atoms with Crippen molar-refractivity contribution >= 4 is 91.9 Å². The van der Waals surface area contributed by atoms with Crippen molar-refractivity contribution in [2.24, 2.45) is 45.3 Å². The number of carbonyl (C=O) groups is 2. The number of allylic oxidation sites excluding steroid dienone is 4. The second kappa shape index (κ2) is 14.8. The topological polar surface area (TPSA) is 83.8 Å². The van der Waals surface area contributed by atoms with E-state index in [4.69, 9.17) is 4.12 Å². The van der Waals surface area contributed by atoms with Crippen molar-refractivity contribution in [2.75, 3.05) is 0 Å². The van der Waals surface area contributed by atoms with Gasteiger partial charge in [-0.05, 0) is 150 Å². The van der Waals surface area contributed by atoms with Crippen LogP contribution < -0.4 is 0 Å².